The highest BCUT2D eigenvalue weighted by Gasteiger charge is 2.18. The van der Waals surface area contributed by atoms with Crippen LogP contribution in [0.5, 0.6) is 0 Å². The Morgan fingerprint density at radius 1 is 1.48 bits per heavy atom. The van der Waals surface area contributed by atoms with Gasteiger partial charge in [0.05, 0.1) is 20.9 Å². The molecule has 3 nitrogen and oxygen atoms in total. The second kappa shape index (κ2) is 6.90. The zero-order chi connectivity index (χ0) is 15.6. The van der Waals surface area contributed by atoms with Gasteiger partial charge in [-0.2, -0.15) is 5.10 Å². The van der Waals surface area contributed by atoms with Crippen LogP contribution in [-0.4, -0.2) is 16.8 Å². The van der Waals surface area contributed by atoms with E-state index in [4.69, 9.17) is 11.6 Å². The van der Waals surface area contributed by atoms with Gasteiger partial charge in [-0.1, -0.05) is 17.7 Å². The first-order chi connectivity index (χ1) is 9.97. The highest BCUT2D eigenvalue weighted by molar-refractivity contribution is 9.10. The fraction of sp³-hybridized carbons (Fsp3) is 0.400. The zero-order valence-corrected chi connectivity index (χ0v) is 14.6. The summed E-state index contributed by atoms with van der Waals surface area (Å²) in [5.74, 6) is -0.395. The van der Waals surface area contributed by atoms with E-state index < -0.39 is 5.82 Å². The molecule has 1 N–H and O–H groups in total. The third-order valence-electron chi connectivity index (χ3n) is 3.54. The molecule has 2 rings (SSSR count). The van der Waals surface area contributed by atoms with E-state index in [9.17, 15) is 4.39 Å². The van der Waals surface area contributed by atoms with Crippen LogP contribution in [0.2, 0.25) is 5.02 Å². The van der Waals surface area contributed by atoms with E-state index in [1.54, 1.807) is 6.07 Å². The van der Waals surface area contributed by atoms with Crippen molar-refractivity contribution in [2.24, 2.45) is 0 Å². The van der Waals surface area contributed by atoms with E-state index in [0.717, 1.165) is 28.0 Å². The van der Waals surface area contributed by atoms with Crippen LogP contribution in [0.4, 0.5) is 4.39 Å². The van der Waals surface area contributed by atoms with Crippen LogP contribution in [0.15, 0.2) is 22.7 Å². The normalized spacial score (nSPS) is 12.7. The first-order valence-corrected chi connectivity index (χ1v) is 7.99. The van der Waals surface area contributed by atoms with Crippen molar-refractivity contribution in [1.29, 1.82) is 0 Å². The van der Waals surface area contributed by atoms with E-state index in [1.165, 1.54) is 6.07 Å². The number of nitrogens with zero attached hydrogens (tertiary/aromatic N) is 2. The molecule has 0 saturated heterocycles. The molecule has 0 fully saturated rings. The molecule has 0 aliphatic rings. The van der Waals surface area contributed by atoms with E-state index in [2.05, 4.69) is 33.3 Å². The summed E-state index contributed by atoms with van der Waals surface area (Å²) in [6.07, 6.45) is 0.715. The van der Waals surface area contributed by atoms with Crippen molar-refractivity contribution < 1.29 is 4.39 Å². The number of benzene rings is 1. The zero-order valence-electron chi connectivity index (χ0n) is 12.3. The summed E-state index contributed by atoms with van der Waals surface area (Å²) >= 11 is 9.34. The van der Waals surface area contributed by atoms with Crippen LogP contribution < -0.4 is 5.32 Å². The fourth-order valence-electron chi connectivity index (χ4n) is 2.37. The Morgan fingerprint density at radius 3 is 2.76 bits per heavy atom. The van der Waals surface area contributed by atoms with Gasteiger partial charge in [-0.3, -0.25) is 4.68 Å². The van der Waals surface area contributed by atoms with Gasteiger partial charge >= 0.3 is 0 Å². The second-order valence-electron chi connectivity index (χ2n) is 4.88. The largest absolute Gasteiger partial charge is 0.313 e. The molecule has 21 heavy (non-hydrogen) atoms. The predicted octanol–water partition coefficient (Wildman–Crippen LogP) is 4.27. The fourth-order valence-corrected chi connectivity index (χ4v) is 2.94. The van der Waals surface area contributed by atoms with Crippen molar-refractivity contribution >= 4 is 27.5 Å². The van der Waals surface area contributed by atoms with Gasteiger partial charge in [-0.25, -0.2) is 4.39 Å². The Morgan fingerprint density at radius 2 is 2.19 bits per heavy atom. The van der Waals surface area contributed by atoms with Gasteiger partial charge in [0.25, 0.3) is 0 Å². The number of aryl methyl sites for hydroxylation is 2. The van der Waals surface area contributed by atoms with Gasteiger partial charge in [0, 0.05) is 19.0 Å². The van der Waals surface area contributed by atoms with E-state index in [1.807, 2.05) is 24.7 Å². The standard InChI is InChI=1S/C15H18BrClFN3/c1-4-21-14(15(16)9(2)20-21)8-13(19-3)10-5-6-11(17)12(18)7-10/h5-7,13,19H,4,8H2,1-3H3. The summed E-state index contributed by atoms with van der Waals surface area (Å²) in [4.78, 5) is 0. The summed E-state index contributed by atoms with van der Waals surface area (Å²) in [5.41, 5.74) is 2.93. The molecule has 1 unspecified atom stereocenters. The molecule has 0 spiro atoms. The lowest BCUT2D eigenvalue weighted by atomic mass is 10.0. The number of halogens is 3. The molecule has 6 heteroatoms. The maximum absolute atomic E-state index is 13.7. The number of likely N-dealkylation sites (N-methyl/N-ethyl adjacent to an activating group) is 1. The third kappa shape index (κ3) is 3.47. The Labute approximate surface area is 137 Å². The summed E-state index contributed by atoms with van der Waals surface area (Å²) in [7, 11) is 1.87. The van der Waals surface area contributed by atoms with Crippen LogP contribution in [0.1, 0.15) is 29.9 Å². The van der Waals surface area contributed by atoms with Crippen molar-refractivity contribution in [1.82, 2.24) is 15.1 Å². The van der Waals surface area contributed by atoms with E-state index in [0.29, 0.717) is 6.42 Å². The molecule has 0 saturated carbocycles. The van der Waals surface area contributed by atoms with Crippen molar-refractivity contribution in [2.75, 3.05) is 7.05 Å². The van der Waals surface area contributed by atoms with Gasteiger partial charge in [-0.05, 0) is 54.5 Å². The minimum absolute atomic E-state index is 0.00512. The molecule has 114 valence electrons. The molecule has 1 aromatic carbocycles. The van der Waals surface area contributed by atoms with Crippen molar-refractivity contribution in [2.45, 2.75) is 32.9 Å². The molecule has 0 radical (unpaired) electrons. The maximum atomic E-state index is 13.7. The van der Waals surface area contributed by atoms with Crippen molar-refractivity contribution in [3.63, 3.8) is 0 Å². The molecule has 2 aromatic rings. The molecule has 0 aliphatic carbocycles. The van der Waals surface area contributed by atoms with Crippen LogP contribution in [0.25, 0.3) is 0 Å². The molecular weight excluding hydrogens is 357 g/mol. The van der Waals surface area contributed by atoms with Gasteiger partial charge in [0.1, 0.15) is 5.82 Å². The SMILES string of the molecule is CCn1nc(C)c(Br)c1CC(NC)c1ccc(Cl)c(F)c1. The molecule has 0 bridgehead atoms. The van der Waals surface area contributed by atoms with Crippen molar-refractivity contribution in [3.05, 3.63) is 50.5 Å². The third-order valence-corrected chi connectivity index (χ3v) is 4.88. The first kappa shape index (κ1) is 16.5. The molecule has 0 amide bonds. The van der Waals surface area contributed by atoms with Gasteiger partial charge in [0.2, 0.25) is 0 Å². The first-order valence-electron chi connectivity index (χ1n) is 6.81. The van der Waals surface area contributed by atoms with Crippen LogP contribution in [0.3, 0.4) is 0 Å². The summed E-state index contributed by atoms with van der Waals surface area (Å²) in [6.45, 7) is 4.82. The monoisotopic (exact) mass is 373 g/mol. The Hall–Kier alpha value is -0.910. The maximum Gasteiger partial charge on any atom is 0.142 e. The smallest absolute Gasteiger partial charge is 0.142 e. The number of hydrogen-bond acceptors (Lipinski definition) is 2. The number of aromatic nitrogens is 2. The number of hydrogen-bond donors (Lipinski definition) is 1. The van der Waals surface area contributed by atoms with Gasteiger partial charge < -0.3 is 5.32 Å². The van der Waals surface area contributed by atoms with E-state index in [-0.39, 0.29) is 11.1 Å². The predicted molar refractivity (Wildman–Crippen MR) is 87.3 cm³/mol. The summed E-state index contributed by atoms with van der Waals surface area (Å²) in [5, 5.41) is 7.86. The molecule has 1 heterocycles. The Balaban J connectivity index is 2.33. The lowest BCUT2D eigenvalue weighted by molar-refractivity contribution is 0.535. The average molecular weight is 375 g/mol. The van der Waals surface area contributed by atoms with Crippen LogP contribution >= 0.6 is 27.5 Å². The van der Waals surface area contributed by atoms with Gasteiger partial charge in [0.15, 0.2) is 0 Å². The second-order valence-corrected chi connectivity index (χ2v) is 6.08. The molecule has 1 aromatic heterocycles. The highest BCUT2D eigenvalue weighted by Crippen LogP contribution is 2.28. The van der Waals surface area contributed by atoms with Crippen LogP contribution in [0, 0.1) is 12.7 Å². The minimum atomic E-state index is -0.395. The number of nitrogens with one attached hydrogen (secondary N) is 1. The topological polar surface area (TPSA) is 29.9 Å². The average Bonchev–Trinajstić information content (AvgIpc) is 2.75. The lowest BCUT2D eigenvalue weighted by Crippen LogP contribution is -2.21. The highest BCUT2D eigenvalue weighted by atomic mass is 79.9. The Kier molecular flexibility index (Phi) is 5.41. The quantitative estimate of drug-likeness (QED) is 0.847. The molecule has 0 aliphatic heterocycles. The minimum Gasteiger partial charge on any atom is -0.313 e. The van der Waals surface area contributed by atoms with E-state index >= 15 is 0 Å². The van der Waals surface area contributed by atoms with Crippen molar-refractivity contribution in [3.8, 4) is 0 Å². The molecular formula is C15H18BrClFN3. The van der Waals surface area contributed by atoms with Gasteiger partial charge in [-0.15, -0.1) is 0 Å². The summed E-state index contributed by atoms with van der Waals surface area (Å²) < 4.78 is 16.6. The number of rotatable bonds is 5. The lowest BCUT2D eigenvalue weighted by Gasteiger charge is -2.18. The summed E-state index contributed by atoms with van der Waals surface area (Å²) in [6, 6.07) is 4.92. The Bertz CT molecular complexity index is 642. The molecule has 1 atom stereocenters. The van der Waals surface area contributed by atoms with Crippen LogP contribution in [-0.2, 0) is 13.0 Å².